The van der Waals surface area contributed by atoms with Crippen molar-refractivity contribution in [1.29, 1.82) is 0 Å². The van der Waals surface area contributed by atoms with Gasteiger partial charge in [-0.25, -0.2) is 21.1 Å². The molecule has 0 unspecified atom stereocenters. The third kappa shape index (κ3) is 5.89. The fourth-order valence-electron chi connectivity index (χ4n) is 3.82. The van der Waals surface area contributed by atoms with Gasteiger partial charge in [-0.05, 0) is 55.7 Å². The zero-order chi connectivity index (χ0) is 24.9. The van der Waals surface area contributed by atoms with E-state index in [1.807, 2.05) is 19.1 Å². The molecule has 0 radical (unpaired) electrons. The number of amides is 1. The van der Waals surface area contributed by atoms with Gasteiger partial charge in [0.25, 0.3) is 10.0 Å². The van der Waals surface area contributed by atoms with Gasteiger partial charge in [0.1, 0.15) is 0 Å². The monoisotopic (exact) mass is 508 g/mol. The number of rotatable bonds is 9. The highest BCUT2D eigenvalue weighted by Crippen LogP contribution is 2.31. The van der Waals surface area contributed by atoms with Gasteiger partial charge in [-0.2, -0.15) is 0 Å². The van der Waals surface area contributed by atoms with Crippen LogP contribution in [-0.2, 0) is 24.8 Å². The van der Waals surface area contributed by atoms with E-state index in [9.17, 15) is 21.6 Å². The molecule has 0 saturated carbocycles. The maximum Gasteiger partial charge on any atom is 0.261 e. The number of hydrogen-bond donors (Lipinski definition) is 2. The average Bonchev–Trinajstić information content (AvgIpc) is 2.82. The van der Waals surface area contributed by atoms with E-state index in [-0.39, 0.29) is 21.6 Å². The smallest absolute Gasteiger partial charge is 0.261 e. The Morgan fingerprint density at radius 3 is 2.15 bits per heavy atom. The number of carbonyl (C=O) groups is 1. The Hall–Kier alpha value is -2.63. The minimum absolute atomic E-state index is 0.0164. The molecular formula is C23H32N4O5S2. The summed E-state index contributed by atoms with van der Waals surface area (Å²) in [6, 6.07) is 12.3. The third-order valence-electron chi connectivity index (χ3n) is 5.82. The molecule has 0 atom stereocenters. The Bertz CT molecular complexity index is 1200. The van der Waals surface area contributed by atoms with Crippen molar-refractivity contribution in [3.63, 3.8) is 0 Å². The molecule has 2 aromatic rings. The van der Waals surface area contributed by atoms with Crippen molar-refractivity contribution in [2.45, 2.75) is 36.0 Å². The summed E-state index contributed by atoms with van der Waals surface area (Å²) in [7, 11) is -4.76. The molecule has 9 nitrogen and oxygen atoms in total. The number of carbonyl (C=O) groups excluding carboxylic acids is 1. The van der Waals surface area contributed by atoms with Gasteiger partial charge >= 0.3 is 0 Å². The second-order valence-corrected chi connectivity index (χ2v) is 12.3. The summed E-state index contributed by atoms with van der Waals surface area (Å²) in [6.07, 6.45) is 2.28. The first-order valence-electron chi connectivity index (χ1n) is 11.2. The van der Waals surface area contributed by atoms with Crippen LogP contribution in [0.1, 0.15) is 26.2 Å². The van der Waals surface area contributed by atoms with E-state index in [0.29, 0.717) is 38.2 Å². The van der Waals surface area contributed by atoms with Crippen molar-refractivity contribution in [2.75, 3.05) is 43.4 Å². The zero-order valence-corrected chi connectivity index (χ0v) is 21.3. The van der Waals surface area contributed by atoms with Gasteiger partial charge in [0.15, 0.2) is 0 Å². The van der Waals surface area contributed by atoms with E-state index in [1.165, 1.54) is 38.4 Å². The number of sulfonamides is 2. The predicted molar refractivity (Wildman–Crippen MR) is 133 cm³/mol. The van der Waals surface area contributed by atoms with Crippen molar-refractivity contribution in [2.24, 2.45) is 5.92 Å². The van der Waals surface area contributed by atoms with Gasteiger partial charge in [0.05, 0.1) is 21.2 Å². The van der Waals surface area contributed by atoms with Crippen LogP contribution in [0.2, 0.25) is 0 Å². The second kappa shape index (κ2) is 10.7. The highest BCUT2D eigenvalue weighted by Gasteiger charge is 2.27. The first-order valence-corrected chi connectivity index (χ1v) is 14.2. The van der Waals surface area contributed by atoms with E-state index in [1.54, 1.807) is 12.1 Å². The van der Waals surface area contributed by atoms with E-state index >= 15 is 0 Å². The lowest BCUT2D eigenvalue weighted by molar-refractivity contribution is -0.125. The molecule has 11 heteroatoms. The van der Waals surface area contributed by atoms with Crippen LogP contribution in [0.5, 0.6) is 0 Å². The lowest BCUT2D eigenvalue weighted by Crippen LogP contribution is -2.41. The summed E-state index contributed by atoms with van der Waals surface area (Å²) in [6.45, 7) is 3.97. The number of para-hydroxylation sites is 2. The Balaban J connectivity index is 1.74. The van der Waals surface area contributed by atoms with E-state index in [0.717, 1.165) is 16.4 Å². The molecule has 1 aliphatic heterocycles. The molecule has 2 aromatic carbocycles. The number of nitrogens with one attached hydrogen (secondary N) is 2. The van der Waals surface area contributed by atoms with E-state index in [2.05, 4.69) is 14.9 Å². The molecule has 1 aliphatic rings. The van der Waals surface area contributed by atoms with Gasteiger partial charge < -0.3 is 10.2 Å². The normalized spacial score (nSPS) is 15.4. The average molecular weight is 509 g/mol. The van der Waals surface area contributed by atoms with E-state index in [4.69, 9.17) is 0 Å². The highest BCUT2D eigenvalue weighted by molar-refractivity contribution is 7.92. The highest BCUT2D eigenvalue weighted by atomic mass is 32.2. The Kier molecular flexibility index (Phi) is 8.21. The SMILES string of the molecule is CCCNC(=O)C1CCN(c2ccccc2NS(=O)(=O)c2ccc(S(=O)(=O)N(C)C)cc2)CC1. The molecule has 3 rings (SSSR count). The quantitative estimate of drug-likeness (QED) is 0.538. The minimum atomic E-state index is -3.94. The Morgan fingerprint density at radius 1 is 0.971 bits per heavy atom. The standard InChI is InChI=1S/C23H32N4O5S2/c1-4-15-24-23(28)18-13-16-27(17-14-18)22-8-6-5-7-21(22)25-33(29,30)19-9-11-20(12-10-19)34(31,32)26(2)3/h5-12,18,25H,4,13-17H2,1-3H3,(H,24,28). The Morgan fingerprint density at radius 2 is 1.56 bits per heavy atom. The number of anilines is 2. The van der Waals surface area contributed by atoms with Crippen LogP contribution in [0.15, 0.2) is 58.3 Å². The molecule has 1 fully saturated rings. The van der Waals surface area contributed by atoms with Crippen LogP contribution in [0.4, 0.5) is 11.4 Å². The van der Waals surface area contributed by atoms with Gasteiger partial charge in [0.2, 0.25) is 15.9 Å². The topological polar surface area (TPSA) is 116 Å². The van der Waals surface area contributed by atoms with Crippen molar-refractivity contribution in [1.82, 2.24) is 9.62 Å². The van der Waals surface area contributed by atoms with Gasteiger partial charge in [0, 0.05) is 39.6 Å². The molecule has 186 valence electrons. The molecule has 1 saturated heterocycles. The molecule has 0 aliphatic carbocycles. The summed E-state index contributed by atoms with van der Waals surface area (Å²) < 4.78 is 54.3. The number of piperidine rings is 1. The van der Waals surface area contributed by atoms with Crippen molar-refractivity contribution in [3.8, 4) is 0 Å². The van der Waals surface area contributed by atoms with Crippen LogP contribution < -0.4 is 14.9 Å². The van der Waals surface area contributed by atoms with Gasteiger partial charge in [-0.1, -0.05) is 19.1 Å². The summed E-state index contributed by atoms with van der Waals surface area (Å²) >= 11 is 0. The minimum Gasteiger partial charge on any atom is -0.370 e. The molecular weight excluding hydrogens is 476 g/mol. The molecule has 0 bridgehead atoms. The summed E-state index contributed by atoms with van der Waals surface area (Å²) in [5, 5.41) is 2.95. The lowest BCUT2D eigenvalue weighted by atomic mass is 9.95. The fourth-order valence-corrected chi connectivity index (χ4v) is 5.79. The summed E-state index contributed by atoms with van der Waals surface area (Å²) in [5.41, 5.74) is 1.17. The van der Waals surface area contributed by atoms with Crippen LogP contribution in [0, 0.1) is 5.92 Å². The summed E-state index contributed by atoms with van der Waals surface area (Å²) in [4.78, 5) is 14.3. The Labute approximate surface area is 202 Å². The maximum absolute atomic E-state index is 13.0. The second-order valence-electron chi connectivity index (χ2n) is 8.43. The molecule has 0 spiro atoms. The third-order valence-corrected chi connectivity index (χ3v) is 9.03. The van der Waals surface area contributed by atoms with Crippen LogP contribution in [-0.4, -0.2) is 60.8 Å². The molecule has 2 N–H and O–H groups in total. The van der Waals surface area contributed by atoms with Crippen molar-refractivity contribution >= 4 is 37.3 Å². The largest absolute Gasteiger partial charge is 0.370 e. The molecule has 34 heavy (non-hydrogen) atoms. The van der Waals surface area contributed by atoms with Gasteiger partial charge in [-0.3, -0.25) is 9.52 Å². The number of hydrogen-bond acceptors (Lipinski definition) is 6. The van der Waals surface area contributed by atoms with E-state index < -0.39 is 20.0 Å². The predicted octanol–water partition coefficient (Wildman–Crippen LogP) is 2.48. The lowest BCUT2D eigenvalue weighted by Gasteiger charge is -2.34. The summed E-state index contributed by atoms with van der Waals surface area (Å²) in [5.74, 6) is 0.0406. The molecule has 1 amide bonds. The number of benzene rings is 2. The maximum atomic E-state index is 13.0. The molecule has 1 heterocycles. The number of nitrogens with zero attached hydrogens (tertiary/aromatic N) is 2. The van der Waals surface area contributed by atoms with Crippen molar-refractivity contribution in [3.05, 3.63) is 48.5 Å². The van der Waals surface area contributed by atoms with Crippen LogP contribution in [0.3, 0.4) is 0 Å². The van der Waals surface area contributed by atoms with Crippen LogP contribution in [0.25, 0.3) is 0 Å². The molecule has 0 aromatic heterocycles. The first-order chi connectivity index (χ1) is 16.1. The zero-order valence-electron chi connectivity index (χ0n) is 19.7. The van der Waals surface area contributed by atoms with Gasteiger partial charge in [-0.15, -0.1) is 0 Å². The van der Waals surface area contributed by atoms with Crippen LogP contribution >= 0.6 is 0 Å². The fraction of sp³-hybridized carbons (Fsp3) is 0.435. The van der Waals surface area contributed by atoms with Crippen molar-refractivity contribution < 1.29 is 21.6 Å². The first kappa shape index (κ1) is 26.0.